The van der Waals surface area contributed by atoms with Gasteiger partial charge in [-0.3, -0.25) is 0 Å². The molecule has 0 heterocycles. The molecule has 0 radical (unpaired) electrons. The molecule has 0 amide bonds. The van der Waals surface area contributed by atoms with Crippen molar-refractivity contribution in [3.63, 3.8) is 0 Å². The van der Waals surface area contributed by atoms with Gasteiger partial charge in [-0.1, -0.05) is 56.3 Å². The zero-order valence-electron chi connectivity index (χ0n) is 5.70. The van der Waals surface area contributed by atoms with Crippen molar-refractivity contribution < 1.29 is 0 Å². The van der Waals surface area contributed by atoms with Crippen LogP contribution < -0.4 is 5.46 Å². The third-order valence-electron chi connectivity index (χ3n) is 1.33. The predicted octanol–water partition coefficient (Wildman–Crippen LogP) is 2.32. The van der Waals surface area contributed by atoms with Crippen LogP contribution in [0.2, 0.25) is 6.82 Å². The molecule has 0 N–H and O–H groups in total. The van der Waals surface area contributed by atoms with Gasteiger partial charge in [0.1, 0.15) is 0 Å². The van der Waals surface area contributed by atoms with Crippen molar-refractivity contribution in [1.82, 2.24) is 0 Å². The fourth-order valence-electron chi connectivity index (χ4n) is 0.815. The molecule has 0 saturated carbocycles. The van der Waals surface area contributed by atoms with Gasteiger partial charge in [0.25, 0.3) is 0 Å². The number of rotatable bonds is 1. The van der Waals surface area contributed by atoms with Crippen LogP contribution >= 0.6 is 31.9 Å². The summed E-state index contributed by atoms with van der Waals surface area (Å²) in [5.41, 5.74) is 1.35. The van der Waals surface area contributed by atoms with Crippen LogP contribution in [0.15, 0.2) is 27.1 Å². The number of halogens is 2. The van der Waals surface area contributed by atoms with Crippen LogP contribution in [0.4, 0.5) is 0 Å². The SMILES string of the molecule is CBc1cc(Br)cc(Br)c1. The summed E-state index contributed by atoms with van der Waals surface area (Å²) >= 11 is 6.85. The van der Waals surface area contributed by atoms with Crippen molar-refractivity contribution in [1.29, 1.82) is 0 Å². The second-order valence-electron chi connectivity index (χ2n) is 2.13. The van der Waals surface area contributed by atoms with Crippen molar-refractivity contribution in [3.8, 4) is 0 Å². The van der Waals surface area contributed by atoms with Crippen molar-refractivity contribution in [2.75, 3.05) is 0 Å². The van der Waals surface area contributed by atoms with Crippen LogP contribution in [0.3, 0.4) is 0 Å². The summed E-state index contributed by atoms with van der Waals surface area (Å²) in [6, 6.07) is 6.30. The lowest BCUT2D eigenvalue weighted by molar-refractivity contribution is 1.64. The molecule has 0 aromatic heterocycles. The van der Waals surface area contributed by atoms with Crippen LogP contribution in [0.25, 0.3) is 0 Å². The molecule has 10 heavy (non-hydrogen) atoms. The fraction of sp³-hybridized carbons (Fsp3) is 0.143. The summed E-state index contributed by atoms with van der Waals surface area (Å²) in [6.07, 6.45) is 0. The average molecular weight is 262 g/mol. The molecule has 0 aliphatic heterocycles. The smallest absolute Gasteiger partial charge is 0.0849 e. The molecule has 1 rings (SSSR count). The molecule has 3 heteroatoms. The molecule has 0 aliphatic carbocycles. The van der Waals surface area contributed by atoms with E-state index in [-0.39, 0.29) is 0 Å². The molecular formula is C7H7BBr2. The third-order valence-corrected chi connectivity index (χ3v) is 2.25. The maximum Gasteiger partial charge on any atom is 0.154 e. The maximum absolute atomic E-state index is 3.42. The molecule has 0 saturated heterocycles. The summed E-state index contributed by atoms with van der Waals surface area (Å²) in [5.74, 6) is 0. The number of hydrogen-bond acceptors (Lipinski definition) is 0. The van der Waals surface area contributed by atoms with E-state index in [1.165, 1.54) is 5.46 Å². The molecule has 0 bridgehead atoms. The number of benzene rings is 1. The van der Waals surface area contributed by atoms with E-state index in [1.807, 2.05) is 6.07 Å². The molecule has 1 aromatic rings. The lowest BCUT2D eigenvalue weighted by Gasteiger charge is -1.97. The Kier molecular flexibility index (Phi) is 2.99. The van der Waals surface area contributed by atoms with E-state index in [2.05, 4.69) is 50.8 Å². The molecule has 1 aromatic carbocycles. The zero-order chi connectivity index (χ0) is 7.56. The highest BCUT2D eigenvalue weighted by molar-refractivity contribution is 9.11. The minimum absolute atomic E-state index is 1.08. The molecule has 0 unspecified atom stereocenters. The molecule has 0 aliphatic rings. The third kappa shape index (κ3) is 2.13. The Morgan fingerprint density at radius 3 is 2.00 bits per heavy atom. The Hall–Kier alpha value is 0.245. The van der Waals surface area contributed by atoms with E-state index >= 15 is 0 Å². The largest absolute Gasteiger partial charge is 0.154 e. The minimum Gasteiger partial charge on any atom is -0.0849 e. The summed E-state index contributed by atoms with van der Waals surface area (Å²) in [4.78, 5) is 0. The molecule has 0 nitrogen and oxygen atoms in total. The highest BCUT2D eigenvalue weighted by Crippen LogP contribution is 2.14. The van der Waals surface area contributed by atoms with Gasteiger partial charge in [0, 0.05) is 8.95 Å². The van der Waals surface area contributed by atoms with Crippen LogP contribution in [-0.2, 0) is 0 Å². The quantitative estimate of drug-likeness (QED) is 0.681. The van der Waals surface area contributed by atoms with E-state index < -0.39 is 0 Å². The monoisotopic (exact) mass is 260 g/mol. The van der Waals surface area contributed by atoms with E-state index in [1.54, 1.807) is 0 Å². The second kappa shape index (κ2) is 3.58. The summed E-state index contributed by atoms with van der Waals surface area (Å²) in [6.45, 7) is 2.15. The Balaban J connectivity index is 3.06. The molecule has 0 fully saturated rings. The Morgan fingerprint density at radius 2 is 1.60 bits per heavy atom. The lowest BCUT2D eigenvalue weighted by atomic mass is 9.74. The van der Waals surface area contributed by atoms with Gasteiger partial charge in [0.2, 0.25) is 0 Å². The molecule has 0 spiro atoms. The van der Waals surface area contributed by atoms with E-state index in [0.29, 0.717) is 0 Å². The summed E-state index contributed by atoms with van der Waals surface area (Å²) in [7, 11) is 1.08. The lowest BCUT2D eigenvalue weighted by Crippen LogP contribution is -2.09. The normalized spacial score (nSPS) is 9.50. The van der Waals surface area contributed by atoms with Crippen LogP contribution in [0, 0.1) is 0 Å². The van der Waals surface area contributed by atoms with E-state index in [4.69, 9.17) is 0 Å². The first-order valence-corrected chi connectivity index (χ1v) is 4.76. The van der Waals surface area contributed by atoms with Gasteiger partial charge < -0.3 is 0 Å². The summed E-state index contributed by atoms with van der Waals surface area (Å²) in [5, 5.41) is 0. The minimum atomic E-state index is 1.08. The van der Waals surface area contributed by atoms with Crippen molar-refractivity contribution in [3.05, 3.63) is 27.1 Å². The van der Waals surface area contributed by atoms with Crippen LogP contribution in [-0.4, -0.2) is 7.28 Å². The highest BCUT2D eigenvalue weighted by atomic mass is 79.9. The molecule has 0 atom stereocenters. The van der Waals surface area contributed by atoms with Crippen LogP contribution in [0.5, 0.6) is 0 Å². The van der Waals surface area contributed by atoms with Crippen molar-refractivity contribution >= 4 is 44.6 Å². The van der Waals surface area contributed by atoms with Crippen LogP contribution in [0.1, 0.15) is 0 Å². The van der Waals surface area contributed by atoms with Gasteiger partial charge in [-0.15, -0.1) is 0 Å². The molecular weight excluding hydrogens is 255 g/mol. The van der Waals surface area contributed by atoms with Gasteiger partial charge in [-0.2, -0.15) is 0 Å². The Morgan fingerprint density at radius 1 is 1.10 bits per heavy atom. The standard InChI is InChI=1S/C7H7BBr2/c1-8-5-2-6(9)4-7(10)3-5/h2-4,8H,1H3. The Bertz CT molecular complexity index is 215. The first-order chi connectivity index (χ1) is 4.72. The fourth-order valence-corrected chi connectivity index (χ4v) is 2.20. The van der Waals surface area contributed by atoms with Gasteiger partial charge in [-0.05, 0) is 6.07 Å². The van der Waals surface area contributed by atoms with Crippen molar-refractivity contribution in [2.45, 2.75) is 6.82 Å². The zero-order valence-corrected chi connectivity index (χ0v) is 8.87. The van der Waals surface area contributed by atoms with Gasteiger partial charge in [0.15, 0.2) is 7.28 Å². The van der Waals surface area contributed by atoms with Gasteiger partial charge in [-0.25, -0.2) is 0 Å². The topological polar surface area (TPSA) is 0 Å². The van der Waals surface area contributed by atoms with Gasteiger partial charge in [0.05, 0.1) is 0 Å². The summed E-state index contributed by atoms with van der Waals surface area (Å²) < 4.78 is 2.28. The first-order valence-electron chi connectivity index (χ1n) is 3.17. The second-order valence-corrected chi connectivity index (χ2v) is 3.96. The van der Waals surface area contributed by atoms with Gasteiger partial charge >= 0.3 is 0 Å². The van der Waals surface area contributed by atoms with E-state index in [0.717, 1.165) is 16.2 Å². The molecule has 52 valence electrons. The van der Waals surface area contributed by atoms with E-state index in [9.17, 15) is 0 Å². The Labute approximate surface area is 78.5 Å². The average Bonchev–Trinajstić information content (AvgIpc) is 1.85. The van der Waals surface area contributed by atoms with Crippen molar-refractivity contribution in [2.24, 2.45) is 0 Å². The number of hydrogen-bond donors (Lipinski definition) is 0. The highest BCUT2D eigenvalue weighted by Gasteiger charge is 1.94. The predicted molar refractivity (Wildman–Crippen MR) is 54.5 cm³/mol. The first kappa shape index (κ1) is 8.34. The maximum atomic E-state index is 3.42.